The van der Waals surface area contributed by atoms with Crippen molar-refractivity contribution < 1.29 is 28.9 Å². The molecule has 4 heterocycles. The van der Waals surface area contributed by atoms with Gasteiger partial charge in [0.25, 0.3) is 5.91 Å². The highest BCUT2D eigenvalue weighted by Crippen LogP contribution is 2.45. The number of alkyl halides is 1. The number of methoxy groups -OCH3 is 1. The predicted molar refractivity (Wildman–Crippen MR) is 131 cm³/mol. The summed E-state index contributed by atoms with van der Waals surface area (Å²) < 4.78 is 27.4. The Kier molecular flexibility index (Phi) is 8.28. The Bertz CT molecular complexity index is 1230. The number of hydrogen-bond acceptors (Lipinski definition) is 10. The highest BCUT2D eigenvalue weighted by molar-refractivity contribution is 9.10. The zero-order valence-corrected chi connectivity index (χ0v) is 21.9. The van der Waals surface area contributed by atoms with Crippen molar-refractivity contribution >= 4 is 46.1 Å². The van der Waals surface area contributed by atoms with Gasteiger partial charge >= 0.3 is 0 Å². The van der Waals surface area contributed by atoms with Crippen LogP contribution in [0.1, 0.15) is 16.1 Å². The second-order valence-electron chi connectivity index (χ2n) is 7.77. The molecule has 0 unspecified atom stereocenters. The number of aliphatic hydroxyl groups is 2. The molecule has 0 aliphatic carbocycles. The van der Waals surface area contributed by atoms with E-state index in [0.717, 1.165) is 0 Å². The number of nitrogens with zero attached hydrogens (tertiary/aromatic N) is 6. The van der Waals surface area contributed by atoms with Crippen LogP contribution >= 0.6 is 40.2 Å². The van der Waals surface area contributed by atoms with Gasteiger partial charge in [0.15, 0.2) is 11.0 Å². The third kappa shape index (κ3) is 4.64. The van der Waals surface area contributed by atoms with Crippen LogP contribution in [0.4, 0.5) is 4.39 Å². The van der Waals surface area contributed by atoms with Crippen molar-refractivity contribution in [3.8, 4) is 5.82 Å². The van der Waals surface area contributed by atoms with Crippen LogP contribution in [0.15, 0.2) is 35.2 Å². The van der Waals surface area contributed by atoms with E-state index in [1.54, 1.807) is 18.3 Å². The van der Waals surface area contributed by atoms with E-state index in [4.69, 9.17) is 21.1 Å². The zero-order valence-electron chi connectivity index (χ0n) is 18.7. The van der Waals surface area contributed by atoms with Gasteiger partial charge in [0, 0.05) is 36.1 Å². The number of pyridine rings is 1. The summed E-state index contributed by atoms with van der Waals surface area (Å²) >= 11 is 13.8. The lowest BCUT2D eigenvalue weighted by Gasteiger charge is -2.51. The van der Waals surface area contributed by atoms with Crippen LogP contribution in [0.5, 0.6) is 0 Å². The number of aliphatic hydroxyl groups excluding tert-OH is 2. The Morgan fingerprint density at radius 1 is 1.50 bits per heavy atom. The van der Waals surface area contributed by atoms with E-state index in [1.165, 1.54) is 28.9 Å². The zero-order chi connectivity index (χ0) is 26.0. The molecular formula is C20H22BrClFN7O5S. The van der Waals surface area contributed by atoms with Crippen LogP contribution in [0.3, 0.4) is 0 Å². The fraction of sp³-hybridized carbons (Fsp3) is 0.450. The molecule has 3 N–H and O–H groups in total. The minimum Gasteiger partial charge on any atom is -0.394 e. The molecule has 3 aromatic rings. The molecule has 16 heteroatoms. The maximum atomic E-state index is 13.1. The second kappa shape index (κ2) is 11.1. The summed E-state index contributed by atoms with van der Waals surface area (Å²) in [5.41, 5.74) is -2.74. The summed E-state index contributed by atoms with van der Waals surface area (Å²) in [6, 6.07) is 3.10. The Balaban J connectivity index is 2.01. The van der Waals surface area contributed by atoms with Gasteiger partial charge in [-0.15, -0.1) is 17.7 Å². The SMILES string of the molecule is CO[C@@H]1[C@H](S)O[C@@H](CO)[C@@H](O)[C@@]1(c1cc(Br)cnc1C(=O)NCCF)n1cc(-n2ccc(Cl)n2)nn1. The topological polar surface area (TPSA) is 149 Å². The number of hydrogen-bond donors (Lipinski definition) is 4. The molecule has 1 aliphatic heterocycles. The molecule has 0 saturated carbocycles. The average molecular weight is 607 g/mol. The number of nitrogens with one attached hydrogen (secondary N) is 1. The van der Waals surface area contributed by atoms with Gasteiger partial charge in [0.05, 0.1) is 12.8 Å². The molecule has 0 spiro atoms. The van der Waals surface area contributed by atoms with E-state index in [-0.39, 0.29) is 28.8 Å². The minimum absolute atomic E-state index is 0.133. The first-order valence-electron chi connectivity index (χ1n) is 10.6. The van der Waals surface area contributed by atoms with Crippen LogP contribution in [0.25, 0.3) is 5.82 Å². The largest absolute Gasteiger partial charge is 0.394 e. The molecule has 1 amide bonds. The van der Waals surface area contributed by atoms with E-state index in [1.807, 2.05) is 0 Å². The molecule has 36 heavy (non-hydrogen) atoms. The van der Waals surface area contributed by atoms with Crippen LogP contribution < -0.4 is 5.32 Å². The smallest absolute Gasteiger partial charge is 0.270 e. The molecule has 0 radical (unpaired) electrons. The number of carbonyl (C=O) groups is 1. The Morgan fingerprint density at radius 2 is 2.28 bits per heavy atom. The summed E-state index contributed by atoms with van der Waals surface area (Å²) in [5.74, 6) is -0.462. The van der Waals surface area contributed by atoms with Crippen molar-refractivity contribution in [1.82, 2.24) is 35.1 Å². The van der Waals surface area contributed by atoms with E-state index < -0.39 is 48.5 Å². The molecule has 5 atom stereocenters. The van der Waals surface area contributed by atoms with Gasteiger partial charge in [-0.2, -0.15) is 5.10 Å². The first-order valence-corrected chi connectivity index (χ1v) is 12.3. The number of ether oxygens (including phenoxy) is 2. The minimum atomic E-state index is -1.76. The maximum absolute atomic E-state index is 13.1. The lowest BCUT2D eigenvalue weighted by Crippen LogP contribution is -2.68. The highest BCUT2D eigenvalue weighted by atomic mass is 79.9. The summed E-state index contributed by atoms with van der Waals surface area (Å²) in [5, 5.41) is 36.9. The Labute approximate surface area is 223 Å². The van der Waals surface area contributed by atoms with Crippen molar-refractivity contribution in [2.75, 3.05) is 26.9 Å². The molecule has 12 nitrogen and oxygen atoms in total. The molecule has 194 valence electrons. The molecule has 4 rings (SSSR count). The summed E-state index contributed by atoms with van der Waals surface area (Å²) in [6.07, 6.45) is 0.615. The van der Waals surface area contributed by atoms with Crippen molar-refractivity contribution in [1.29, 1.82) is 0 Å². The van der Waals surface area contributed by atoms with Crippen molar-refractivity contribution in [2.24, 2.45) is 0 Å². The van der Waals surface area contributed by atoms with E-state index >= 15 is 0 Å². The molecule has 0 bridgehead atoms. The normalized spacial score (nSPS) is 26.2. The maximum Gasteiger partial charge on any atom is 0.270 e. The molecule has 0 aromatic carbocycles. The van der Waals surface area contributed by atoms with E-state index in [9.17, 15) is 19.4 Å². The number of thiol groups is 1. The van der Waals surface area contributed by atoms with Crippen molar-refractivity contribution in [2.45, 2.75) is 29.3 Å². The van der Waals surface area contributed by atoms with Gasteiger partial charge in [-0.1, -0.05) is 16.8 Å². The monoisotopic (exact) mass is 605 g/mol. The van der Waals surface area contributed by atoms with Crippen LogP contribution in [0, 0.1) is 0 Å². The number of halogens is 3. The lowest BCUT2D eigenvalue weighted by molar-refractivity contribution is -0.213. The first-order chi connectivity index (χ1) is 17.3. The highest BCUT2D eigenvalue weighted by Gasteiger charge is 2.60. The summed E-state index contributed by atoms with van der Waals surface area (Å²) in [4.78, 5) is 17.3. The van der Waals surface area contributed by atoms with E-state index in [0.29, 0.717) is 4.47 Å². The van der Waals surface area contributed by atoms with Gasteiger partial charge in [0.1, 0.15) is 41.7 Å². The van der Waals surface area contributed by atoms with Gasteiger partial charge in [-0.05, 0) is 28.1 Å². The molecular weight excluding hydrogens is 585 g/mol. The third-order valence-electron chi connectivity index (χ3n) is 5.78. The fourth-order valence-corrected chi connectivity index (χ4v) is 5.25. The third-order valence-corrected chi connectivity index (χ3v) is 6.80. The molecule has 1 aliphatic rings. The summed E-state index contributed by atoms with van der Waals surface area (Å²) in [6.45, 7) is -1.62. The van der Waals surface area contributed by atoms with Crippen molar-refractivity contribution in [3.63, 3.8) is 0 Å². The van der Waals surface area contributed by atoms with Gasteiger partial charge in [0.2, 0.25) is 0 Å². The van der Waals surface area contributed by atoms with E-state index in [2.05, 4.69) is 54.3 Å². The number of aromatic nitrogens is 6. The molecule has 1 saturated heterocycles. The Morgan fingerprint density at radius 3 is 2.92 bits per heavy atom. The van der Waals surface area contributed by atoms with Crippen LogP contribution in [-0.4, -0.2) is 96.6 Å². The van der Waals surface area contributed by atoms with Crippen molar-refractivity contribution in [3.05, 3.63) is 51.6 Å². The number of carbonyl (C=O) groups excluding carboxylic acids is 1. The molecule has 1 fully saturated rings. The second-order valence-corrected chi connectivity index (χ2v) is 9.58. The summed E-state index contributed by atoms with van der Waals surface area (Å²) in [7, 11) is 1.37. The number of amides is 1. The van der Waals surface area contributed by atoms with Crippen LogP contribution in [-0.2, 0) is 15.0 Å². The van der Waals surface area contributed by atoms with Crippen LogP contribution in [0.2, 0.25) is 5.15 Å². The van der Waals surface area contributed by atoms with Gasteiger partial charge in [-0.3, -0.25) is 4.79 Å². The first kappa shape index (κ1) is 26.9. The lowest BCUT2D eigenvalue weighted by atomic mass is 9.74. The standard InChI is InChI=1S/C20H22BrClFN7O5S/c1-34-17-19(36)35-12(9-31)16(32)20(17,30-8-14(26-28-30)29-5-2-13(22)27-29)11-6-10(21)7-25-15(11)18(33)24-4-3-23/h2,5-8,12,16-17,19,31-32,36H,3-4,9H2,1H3,(H,24,33)/t12-,16+,17+,19-,20+/m0/s1. The fourth-order valence-electron chi connectivity index (χ4n) is 4.27. The Hall–Kier alpha value is -2.14. The van der Waals surface area contributed by atoms with Gasteiger partial charge < -0.3 is 25.0 Å². The molecule has 3 aromatic heterocycles. The quantitative estimate of drug-likeness (QED) is 0.272. The average Bonchev–Trinajstić information content (AvgIpc) is 3.52. The predicted octanol–water partition coefficient (Wildman–Crippen LogP) is 0.740. The number of rotatable bonds is 8. The van der Waals surface area contributed by atoms with Gasteiger partial charge in [-0.25, -0.2) is 18.7 Å².